The number of nitrogens with one attached hydrogen (secondary N) is 2. The number of carboxylic acids is 2. The van der Waals surface area contributed by atoms with Gasteiger partial charge in [-0.25, -0.2) is 19.0 Å². The number of ether oxygens (including phenoxy) is 2. The first-order chi connectivity index (χ1) is 21.5. The van der Waals surface area contributed by atoms with E-state index in [2.05, 4.69) is 16.1 Å². The van der Waals surface area contributed by atoms with Crippen molar-refractivity contribution in [3.8, 4) is 35.2 Å². The van der Waals surface area contributed by atoms with Gasteiger partial charge >= 0.3 is 11.9 Å². The van der Waals surface area contributed by atoms with Gasteiger partial charge in [-0.05, 0) is 67.9 Å². The molecule has 3 aromatic carbocycles. The largest absolute Gasteiger partial charge is 0.493 e. The molecule has 0 aliphatic heterocycles. The number of hydrogen-bond donors (Lipinski definition) is 4. The Morgan fingerprint density at radius 3 is 1.78 bits per heavy atom. The van der Waals surface area contributed by atoms with Gasteiger partial charge in [-0.1, -0.05) is 24.1 Å². The summed E-state index contributed by atoms with van der Waals surface area (Å²) in [5, 5.41) is 25.1. The third kappa shape index (κ3) is 5.62. The van der Waals surface area contributed by atoms with Crippen LogP contribution in [0.1, 0.15) is 54.7 Å². The number of H-pyrrole nitrogens is 2. The molecule has 0 aliphatic carbocycles. The molecule has 228 valence electrons. The topological polar surface area (TPSA) is 169 Å². The van der Waals surface area contributed by atoms with Crippen molar-refractivity contribution in [1.29, 1.82) is 0 Å². The van der Waals surface area contributed by atoms with Crippen LogP contribution in [0.25, 0.3) is 11.4 Å². The Bertz CT molecular complexity index is 1990. The molecule has 12 heteroatoms. The van der Waals surface area contributed by atoms with Crippen LogP contribution in [-0.2, 0) is 0 Å². The number of methoxy groups -OCH3 is 1. The lowest BCUT2D eigenvalue weighted by Crippen LogP contribution is -2.25. The van der Waals surface area contributed by atoms with E-state index in [9.17, 15) is 29.4 Å². The number of aromatic amines is 2. The number of hydrogen-bond acceptors (Lipinski definition) is 6. The van der Waals surface area contributed by atoms with Gasteiger partial charge in [0.15, 0.2) is 11.5 Å². The van der Waals surface area contributed by atoms with Gasteiger partial charge in [0, 0.05) is 17.3 Å². The SMILES string of the molecule is C#CCOc1ccc(C(c2c(C)[nH]n(-c3cccc(C(=O)O)c3)c2=O)c2c(C)[nH]n(-c3cccc(C(=O)O)c3)c2=O)cc1OC. The molecule has 0 spiro atoms. The van der Waals surface area contributed by atoms with Crippen LogP contribution < -0.4 is 20.6 Å². The van der Waals surface area contributed by atoms with E-state index >= 15 is 0 Å². The minimum Gasteiger partial charge on any atom is -0.493 e. The number of nitrogens with zero attached hydrogens (tertiary/aromatic N) is 2. The number of aromatic nitrogens is 4. The summed E-state index contributed by atoms with van der Waals surface area (Å²) in [6.07, 6.45) is 5.35. The Labute approximate surface area is 256 Å². The predicted molar refractivity (Wildman–Crippen MR) is 164 cm³/mol. The number of carboxylic acid groups (broad SMARTS) is 2. The highest BCUT2D eigenvalue weighted by Crippen LogP contribution is 2.37. The quantitative estimate of drug-likeness (QED) is 0.173. The van der Waals surface area contributed by atoms with Crippen LogP contribution in [0.3, 0.4) is 0 Å². The van der Waals surface area contributed by atoms with Gasteiger partial charge in [-0.2, -0.15) is 0 Å². The maximum atomic E-state index is 14.2. The highest BCUT2D eigenvalue weighted by molar-refractivity contribution is 5.88. The van der Waals surface area contributed by atoms with E-state index in [4.69, 9.17) is 15.9 Å². The summed E-state index contributed by atoms with van der Waals surface area (Å²) in [4.78, 5) is 51.6. The lowest BCUT2D eigenvalue weighted by atomic mass is 9.85. The minimum absolute atomic E-state index is 0.00674. The molecule has 0 saturated heterocycles. The molecule has 0 aliphatic rings. The second-order valence-electron chi connectivity index (χ2n) is 10.1. The van der Waals surface area contributed by atoms with Crippen molar-refractivity contribution < 1.29 is 29.3 Å². The van der Waals surface area contributed by atoms with Crippen molar-refractivity contribution in [3.63, 3.8) is 0 Å². The third-order valence-corrected chi connectivity index (χ3v) is 7.35. The number of terminal acetylenes is 1. The van der Waals surface area contributed by atoms with Gasteiger partial charge < -0.3 is 19.7 Å². The maximum absolute atomic E-state index is 14.2. The molecule has 45 heavy (non-hydrogen) atoms. The Hall–Kier alpha value is -6.22. The Morgan fingerprint density at radius 2 is 1.33 bits per heavy atom. The van der Waals surface area contributed by atoms with Gasteiger partial charge in [0.2, 0.25) is 0 Å². The smallest absolute Gasteiger partial charge is 0.335 e. The van der Waals surface area contributed by atoms with Crippen molar-refractivity contribution in [3.05, 3.63) is 127 Å². The van der Waals surface area contributed by atoms with Gasteiger partial charge in [-0.3, -0.25) is 19.8 Å². The number of aromatic carboxylic acids is 2. The maximum Gasteiger partial charge on any atom is 0.335 e. The van der Waals surface area contributed by atoms with Crippen molar-refractivity contribution in [2.75, 3.05) is 13.7 Å². The zero-order chi connectivity index (χ0) is 32.4. The standard InChI is InChI=1S/C33H28N4O8/c1-5-14-45-25-13-12-20(17-26(25)44-4)29(27-18(2)34-36(30(27)38)23-10-6-8-21(15-23)32(40)41)28-19(3)35-37(31(28)39)24-11-7-9-22(16-24)33(42)43/h1,6-13,15-17,29,34-35H,14H2,2-4H3,(H,40,41)(H,42,43). The van der Waals surface area contributed by atoms with Gasteiger partial charge in [0.05, 0.1) is 40.7 Å². The summed E-state index contributed by atoms with van der Waals surface area (Å²) >= 11 is 0. The zero-order valence-corrected chi connectivity index (χ0v) is 24.5. The summed E-state index contributed by atoms with van der Waals surface area (Å²) < 4.78 is 13.6. The van der Waals surface area contributed by atoms with Crippen LogP contribution in [0.2, 0.25) is 0 Å². The molecule has 0 fully saturated rings. The highest BCUT2D eigenvalue weighted by atomic mass is 16.5. The molecule has 0 bridgehead atoms. The molecule has 5 aromatic rings. The van der Waals surface area contributed by atoms with Gasteiger partial charge in [0.1, 0.15) is 6.61 Å². The van der Waals surface area contributed by atoms with Crippen LogP contribution in [0.15, 0.2) is 76.3 Å². The first-order valence-corrected chi connectivity index (χ1v) is 13.6. The fourth-order valence-electron chi connectivity index (χ4n) is 5.30. The van der Waals surface area contributed by atoms with Crippen molar-refractivity contribution >= 4 is 11.9 Å². The van der Waals surface area contributed by atoms with Crippen LogP contribution in [0, 0.1) is 26.2 Å². The van der Waals surface area contributed by atoms with Crippen LogP contribution in [0.5, 0.6) is 11.5 Å². The van der Waals surface area contributed by atoms with Crippen molar-refractivity contribution in [2.45, 2.75) is 19.8 Å². The average Bonchev–Trinajstić information content (AvgIpc) is 3.50. The van der Waals surface area contributed by atoms with Crippen LogP contribution >= 0.6 is 0 Å². The number of rotatable bonds is 10. The molecular formula is C33H28N4O8. The first kappa shape index (κ1) is 30.2. The lowest BCUT2D eigenvalue weighted by Gasteiger charge is -2.18. The van der Waals surface area contributed by atoms with Gasteiger partial charge in [0.25, 0.3) is 11.1 Å². The van der Waals surface area contributed by atoms with E-state index in [1.165, 1.54) is 52.9 Å². The van der Waals surface area contributed by atoms with Crippen molar-refractivity contribution in [1.82, 2.24) is 19.6 Å². The van der Waals surface area contributed by atoms with E-state index in [1.807, 2.05) is 0 Å². The normalized spacial score (nSPS) is 10.9. The molecule has 0 radical (unpaired) electrons. The highest BCUT2D eigenvalue weighted by Gasteiger charge is 2.32. The predicted octanol–water partition coefficient (Wildman–Crippen LogP) is 3.86. The van der Waals surface area contributed by atoms with E-state index in [-0.39, 0.29) is 40.2 Å². The minimum atomic E-state index is -1.15. The lowest BCUT2D eigenvalue weighted by molar-refractivity contribution is 0.0686. The molecule has 0 saturated carbocycles. The second kappa shape index (κ2) is 12.2. The number of carbonyl (C=O) groups is 2. The fraction of sp³-hybridized carbons (Fsp3) is 0.152. The van der Waals surface area contributed by atoms with Crippen LogP contribution in [-0.4, -0.2) is 55.4 Å². The zero-order valence-electron chi connectivity index (χ0n) is 24.5. The Kier molecular flexibility index (Phi) is 8.19. The Morgan fingerprint density at radius 1 is 0.822 bits per heavy atom. The van der Waals surface area contributed by atoms with E-state index in [0.29, 0.717) is 28.5 Å². The molecule has 2 aromatic heterocycles. The molecule has 4 N–H and O–H groups in total. The van der Waals surface area contributed by atoms with Crippen LogP contribution in [0.4, 0.5) is 0 Å². The molecule has 0 atom stereocenters. The first-order valence-electron chi connectivity index (χ1n) is 13.6. The van der Waals surface area contributed by atoms with E-state index in [0.717, 1.165) is 0 Å². The summed E-state index contributed by atoms with van der Waals surface area (Å²) in [7, 11) is 1.45. The molecule has 0 unspecified atom stereocenters. The molecule has 12 nitrogen and oxygen atoms in total. The fourth-order valence-corrected chi connectivity index (χ4v) is 5.30. The monoisotopic (exact) mass is 608 g/mol. The Balaban J connectivity index is 1.77. The van der Waals surface area contributed by atoms with E-state index < -0.39 is 29.0 Å². The average molecular weight is 609 g/mol. The summed E-state index contributed by atoms with van der Waals surface area (Å²) in [6.45, 7) is 3.35. The summed E-state index contributed by atoms with van der Waals surface area (Å²) in [5.74, 6) is -0.185. The molecular weight excluding hydrogens is 580 g/mol. The second-order valence-corrected chi connectivity index (χ2v) is 10.1. The number of aryl methyl sites for hydroxylation is 2. The molecule has 0 amide bonds. The van der Waals surface area contributed by atoms with Gasteiger partial charge in [-0.15, -0.1) is 6.42 Å². The third-order valence-electron chi connectivity index (χ3n) is 7.35. The molecule has 5 rings (SSSR count). The number of benzene rings is 3. The van der Waals surface area contributed by atoms with Crippen molar-refractivity contribution in [2.24, 2.45) is 0 Å². The summed E-state index contributed by atoms with van der Waals surface area (Å²) in [6, 6.07) is 16.8. The van der Waals surface area contributed by atoms with E-state index in [1.54, 1.807) is 44.2 Å². The molecule has 2 heterocycles. The summed E-state index contributed by atoms with van der Waals surface area (Å²) in [5.41, 5.74) is 1.35.